The number of hydrogen-bond donors (Lipinski definition) is 0. The molecule has 136 valence electrons. The van der Waals surface area contributed by atoms with E-state index in [1.165, 1.54) is 39.8 Å². The number of nitrogens with zero attached hydrogens (tertiary/aromatic N) is 1. The summed E-state index contributed by atoms with van der Waals surface area (Å²) in [5.74, 6) is 0. The molecule has 3 aromatic rings. The molecule has 0 spiro atoms. The quantitative estimate of drug-likeness (QED) is 0.329. The summed E-state index contributed by atoms with van der Waals surface area (Å²) in [6.07, 6.45) is 8.77. The Morgan fingerprint density at radius 2 is 1.96 bits per heavy atom. The molecule has 0 bridgehead atoms. The van der Waals surface area contributed by atoms with Crippen LogP contribution in [0.2, 0.25) is 0 Å². The molecule has 1 heterocycles. The van der Waals surface area contributed by atoms with Gasteiger partial charge in [-0.3, -0.25) is 0 Å². The van der Waals surface area contributed by atoms with Crippen LogP contribution in [0.4, 0.5) is 0 Å². The summed E-state index contributed by atoms with van der Waals surface area (Å²) >= 11 is 1.43. The number of halogens is 3. The van der Waals surface area contributed by atoms with Crippen molar-refractivity contribution in [1.82, 2.24) is 4.57 Å². The molecule has 0 atom stereocenters. The molecule has 2 aliphatic carbocycles. The second kappa shape index (κ2) is 8.16. The number of rotatable bonds is 2. The Balaban J connectivity index is 0.00000105. The summed E-state index contributed by atoms with van der Waals surface area (Å²) in [5, 5.41) is 1.45. The first kappa shape index (κ1) is 21.3. The SMILES string of the molecule is Cn1c2c(c3[c]([Zr+2](=[S])[C]4=CC=CC4)cccc31)Cc1cc(Br)ccc1-2.[Cl-].[Cl-]. The number of fused-ring (bicyclic) bond motifs is 5. The fourth-order valence-electron chi connectivity index (χ4n) is 4.20. The van der Waals surface area contributed by atoms with E-state index in [1.807, 2.05) is 0 Å². The van der Waals surface area contributed by atoms with E-state index in [4.69, 9.17) is 8.86 Å². The van der Waals surface area contributed by atoms with Gasteiger partial charge in [-0.05, 0) is 0 Å². The Morgan fingerprint density at radius 3 is 2.70 bits per heavy atom. The standard InChI is InChI=1S/C16H11BrN.C5H5.2ClH.S.Zr/c1-18-15-5-3-2-4-13(15)14-9-10-8-11(17)6-7-12(10)16(14)18;1-2-4-5-3-1;;;;/h2-3,5-8H,9H2,1H3;1-3H,4H2;2*1H;;/q;;;;;+2/p-2. The minimum Gasteiger partial charge on any atom is -1.00 e. The monoisotopic (exact) mass is 553 g/mol. The first-order valence-corrected chi connectivity index (χ1v) is 15.1. The van der Waals surface area contributed by atoms with Crippen molar-refractivity contribution in [2.24, 2.45) is 7.05 Å². The predicted molar refractivity (Wildman–Crippen MR) is 108 cm³/mol. The minimum atomic E-state index is -2.19. The van der Waals surface area contributed by atoms with Gasteiger partial charge in [0.25, 0.3) is 0 Å². The molecule has 0 saturated heterocycles. The van der Waals surface area contributed by atoms with Crippen molar-refractivity contribution in [3.63, 3.8) is 0 Å². The van der Waals surface area contributed by atoms with Crippen LogP contribution in [0.25, 0.3) is 22.2 Å². The van der Waals surface area contributed by atoms with Crippen molar-refractivity contribution in [2.45, 2.75) is 12.8 Å². The number of aryl methyl sites for hydroxylation is 1. The van der Waals surface area contributed by atoms with Gasteiger partial charge in [-0.25, -0.2) is 0 Å². The number of allylic oxidation sites excluding steroid dienone is 4. The topological polar surface area (TPSA) is 4.93 Å². The second-order valence-corrected chi connectivity index (χ2v) is 14.6. The fourth-order valence-corrected chi connectivity index (χ4v) is 10.6. The molecule has 0 N–H and O–H groups in total. The molecule has 0 fully saturated rings. The summed E-state index contributed by atoms with van der Waals surface area (Å²) in [4.78, 5) is 0. The average molecular weight is 556 g/mol. The van der Waals surface area contributed by atoms with Crippen molar-refractivity contribution in [2.75, 3.05) is 0 Å². The Hall–Kier alpha value is -0.377. The maximum Gasteiger partial charge on any atom is -1.00 e. The Bertz CT molecular complexity index is 1150. The van der Waals surface area contributed by atoms with Crippen LogP contribution < -0.4 is 28.1 Å². The van der Waals surface area contributed by atoms with E-state index in [0.29, 0.717) is 0 Å². The zero-order valence-electron chi connectivity index (χ0n) is 14.6. The summed E-state index contributed by atoms with van der Waals surface area (Å²) in [5.41, 5.74) is 7.00. The van der Waals surface area contributed by atoms with Crippen LogP contribution in [-0.2, 0) is 33.2 Å². The van der Waals surface area contributed by atoms with E-state index in [-0.39, 0.29) is 24.8 Å². The van der Waals surface area contributed by atoms with Crippen molar-refractivity contribution in [3.05, 3.63) is 73.5 Å². The number of benzene rings is 2. The third-order valence-electron chi connectivity index (χ3n) is 5.32. The largest absolute Gasteiger partial charge is 1.00 e. The molecule has 0 unspecified atom stereocenters. The van der Waals surface area contributed by atoms with Gasteiger partial charge in [0.15, 0.2) is 0 Å². The van der Waals surface area contributed by atoms with Gasteiger partial charge in [-0.2, -0.15) is 0 Å². The molecule has 0 saturated carbocycles. The smallest absolute Gasteiger partial charge is 1.00 e. The molecule has 0 radical (unpaired) electrons. The Labute approximate surface area is 191 Å². The van der Waals surface area contributed by atoms with Gasteiger partial charge in [0.05, 0.1) is 0 Å². The molecule has 1 nitrogen and oxygen atoms in total. The third-order valence-corrected chi connectivity index (χ3v) is 13.2. The second-order valence-electron chi connectivity index (χ2n) is 6.72. The van der Waals surface area contributed by atoms with Crippen LogP contribution in [0.5, 0.6) is 0 Å². The van der Waals surface area contributed by atoms with Crippen molar-refractivity contribution in [1.29, 1.82) is 0 Å². The first-order chi connectivity index (χ1) is 12.1. The molecule has 0 amide bonds. The summed E-state index contributed by atoms with van der Waals surface area (Å²) < 4.78 is 6.54. The maximum atomic E-state index is 6.15. The van der Waals surface area contributed by atoms with Gasteiger partial charge in [0, 0.05) is 0 Å². The van der Waals surface area contributed by atoms with Gasteiger partial charge in [0.1, 0.15) is 0 Å². The molecule has 0 aliphatic heterocycles. The predicted octanol–water partition coefficient (Wildman–Crippen LogP) is -0.280. The van der Waals surface area contributed by atoms with Crippen molar-refractivity contribution in [3.8, 4) is 11.3 Å². The van der Waals surface area contributed by atoms with Crippen molar-refractivity contribution < 1.29 is 44.5 Å². The van der Waals surface area contributed by atoms with Crippen LogP contribution in [0.1, 0.15) is 17.5 Å². The van der Waals surface area contributed by atoms with E-state index < -0.39 is 19.7 Å². The van der Waals surface area contributed by atoms with Crippen molar-refractivity contribution >= 4 is 39.0 Å². The van der Waals surface area contributed by atoms with Crippen LogP contribution in [0.3, 0.4) is 0 Å². The number of aromatic nitrogens is 1. The summed E-state index contributed by atoms with van der Waals surface area (Å²) in [7, 11) is 8.35. The van der Waals surface area contributed by atoms with Gasteiger partial charge in [-0.15, -0.1) is 0 Å². The summed E-state index contributed by atoms with van der Waals surface area (Å²) in [6.45, 7) is 0. The maximum absolute atomic E-state index is 6.15. The zero-order valence-corrected chi connectivity index (χ0v) is 21.0. The Kier molecular flexibility index (Phi) is 6.45. The number of hydrogen-bond acceptors (Lipinski definition) is 1. The molecule has 5 rings (SSSR count). The minimum absolute atomic E-state index is 0. The van der Waals surface area contributed by atoms with E-state index >= 15 is 0 Å². The summed E-state index contributed by atoms with van der Waals surface area (Å²) in [6, 6.07) is 13.4. The fraction of sp³-hybridized carbons (Fsp3) is 0.143. The van der Waals surface area contributed by atoms with Crippen LogP contribution >= 0.6 is 24.8 Å². The first-order valence-electron chi connectivity index (χ1n) is 8.44. The van der Waals surface area contributed by atoms with E-state index in [2.05, 4.69) is 82.2 Å². The van der Waals surface area contributed by atoms with Crippen LogP contribution in [0.15, 0.2) is 62.4 Å². The molecule has 1 aromatic heterocycles. The zero-order chi connectivity index (χ0) is 17.1. The van der Waals surface area contributed by atoms with E-state index in [0.717, 1.165) is 17.3 Å². The van der Waals surface area contributed by atoms with Crippen LogP contribution in [-0.4, -0.2) is 4.57 Å². The van der Waals surface area contributed by atoms with Gasteiger partial charge < -0.3 is 24.8 Å². The molecule has 2 aliphatic rings. The van der Waals surface area contributed by atoms with Gasteiger partial charge >= 0.3 is 168 Å². The average Bonchev–Trinajstić information content (AvgIpc) is 3.31. The third kappa shape index (κ3) is 3.32. The molecule has 27 heavy (non-hydrogen) atoms. The Morgan fingerprint density at radius 1 is 1.15 bits per heavy atom. The normalized spacial score (nSPS) is 13.3. The van der Waals surface area contributed by atoms with Crippen LogP contribution in [0, 0.1) is 0 Å². The molecular weight excluding hydrogens is 540 g/mol. The van der Waals surface area contributed by atoms with E-state index in [9.17, 15) is 0 Å². The van der Waals surface area contributed by atoms with Gasteiger partial charge in [-0.1, -0.05) is 0 Å². The molecule has 6 heteroatoms. The van der Waals surface area contributed by atoms with Gasteiger partial charge in [0.2, 0.25) is 0 Å². The molecule has 2 aromatic carbocycles. The van der Waals surface area contributed by atoms with E-state index in [1.54, 1.807) is 0 Å². The molecular formula is C21H16BrCl2NSZr.